The van der Waals surface area contributed by atoms with Gasteiger partial charge in [-0.25, -0.2) is 4.98 Å². The third-order valence-corrected chi connectivity index (χ3v) is 7.02. The smallest absolute Gasteiger partial charge is 0.312 e. The molecule has 1 fully saturated rings. The van der Waals surface area contributed by atoms with Gasteiger partial charge in [0.1, 0.15) is 5.92 Å². The molecule has 1 aromatic rings. The number of nitrogens with one attached hydrogen (secondary N) is 1. The molecular formula is C14H20N2O2S2. The molecule has 2 aliphatic rings. The molecule has 0 radical (unpaired) electrons. The quantitative estimate of drug-likeness (QED) is 0.873. The van der Waals surface area contributed by atoms with Crippen LogP contribution >= 0.6 is 23.1 Å². The van der Waals surface area contributed by atoms with Gasteiger partial charge in [-0.05, 0) is 38.4 Å². The van der Waals surface area contributed by atoms with Gasteiger partial charge in [0.05, 0.1) is 5.69 Å². The van der Waals surface area contributed by atoms with Crippen LogP contribution in [0.2, 0.25) is 0 Å². The fraction of sp³-hybridized carbons (Fsp3) is 0.714. The van der Waals surface area contributed by atoms with Gasteiger partial charge in [-0.3, -0.25) is 4.79 Å². The number of anilines is 1. The first-order chi connectivity index (χ1) is 9.63. The van der Waals surface area contributed by atoms with Crippen molar-refractivity contribution in [1.82, 2.24) is 4.98 Å². The highest BCUT2D eigenvalue weighted by molar-refractivity contribution is 8.00. The summed E-state index contributed by atoms with van der Waals surface area (Å²) in [5.74, 6) is -1.13. The number of thioether (sulfide) groups is 1. The molecule has 0 bridgehead atoms. The second-order valence-electron chi connectivity index (χ2n) is 5.70. The van der Waals surface area contributed by atoms with Gasteiger partial charge in [0.15, 0.2) is 5.13 Å². The molecule has 1 aromatic heterocycles. The Labute approximate surface area is 127 Å². The van der Waals surface area contributed by atoms with Crippen molar-refractivity contribution in [2.24, 2.45) is 0 Å². The Hall–Kier alpha value is -0.750. The SMILES string of the molecule is CSC1(CNc2nc3c(s2)CCCC3C(=O)O)CCC1. The molecule has 0 amide bonds. The summed E-state index contributed by atoms with van der Waals surface area (Å²) in [5.41, 5.74) is 0.808. The highest BCUT2D eigenvalue weighted by atomic mass is 32.2. The highest BCUT2D eigenvalue weighted by Gasteiger charge is 2.36. The van der Waals surface area contributed by atoms with Crippen LogP contribution in [0, 0.1) is 0 Å². The largest absolute Gasteiger partial charge is 0.481 e. The number of nitrogens with zero attached hydrogens (tertiary/aromatic N) is 1. The van der Waals surface area contributed by atoms with Crippen LogP contribution in [-0.4, -0.2) is 33.6 Å². The number of rotatable bonds is 5. The third-order valence-electron chi connectivity index (χ3n) is 4.51. The summed E-state index contributed by atoms with van der Waals surface area (Å²) < 4.78 is 0.373. The molecule has 3 rings (SSSR count). The van der Waals surface area contributed by atoms with Crippen LogP contribution in [-0.2, 0) is 11.2 Å². The van der Waals surface area contributed by atoms with Gasteiger partial charge in [-0.1, -0.05) is 6.42 Å². The predicted octanol–water partition coefficient (Wildman–Crippen LogP) is 3.35. The van der Waals surface area contributed by atoms with E-state index in [4.69, 9.17) is 0 Å². The van der Waals surface area contributed by atoms with E-state index in [9.17, 15) is 9.90 Å². The number of aromatic nitrogens is 1. The van der Waals surface area contributed by atoms with Crippen molar-refractivity contribution in [3.8, 4) is 0 Å². The summed E-state index contributed by atoms with van der Waals surface area (Å²) in [4.78, 5) is 17.0. The zero-order valence-corrected chi connectivity index (χ0v) is 13.3. The molecule has 2 aliphatic carbocycles. The van der Waals surface area contributed by atoms with Crippen molar-refractivity contribution in [2.45, 2.75) is 49.2 Å². The van der Waals surface area contributed by atoms with E-state index in [1.54, 1.807) is 11.3 Å². The number of hydrogen-bond acceptors (Lipinski definition) is 5. The van der Waals surface area contributed by atoms with E-state index in [2.05, 4.69) is 16.6 Å². The minimum absolute atomic E-state index is 0.373. The summed E-state index contributed by atoms with van der Waals surface area (Å²) in [6.07, 6.45) is 8.69. The summed E-state index contributed by atoms with van der Waals surface area (Å²) in [7, 11) is 0. The maximum Gasteiger partial charge on any atom is 0.312 e. The average molecular weight is 312 g/mol. The molecule has 20 heavy (non-hydrogen) atoms. The molecule has 1 unspecified atom stereocenters. The van der Waals surface area contributed by atoms with Gasteiger partial charge in [0.25, 0.3) is 0 Å². The number of aryl methyl sites for hydroxylation is 1. The summed E-state index contributed by atoms with van der Waals surface area (Å²) in [6, 6.07) is 0. The predicted molar refractivity (Wildman–Crippen MR) is 84.0 cm³/mol. The van der Waals surface area contributed by atoms with E-state index in [1.807, 2.05) is 11.8 Å². The molecule has 4 nitrogen and oxygen atoms in total. The van der Waals surface area contributed by atoms with Gasteiger partial charge in [0, 0.05) is 16.2 Å². The zero-order valence-electron chi connectivity index (χ0n) is 11.6. The summed E-state index contributed by atoms with van der Waals surface area (Å²) >= 11 is 3.59. The number of carboxylic acid groups (broad SMARTS) is 1. The number of hydrogen-bond donors (Lipinski definition) is 2. The van der Waals surface area contributed by atoms with E-state index in [0.29, 0.717) is 4.75 Å². The molecule has 2 N–H and O–H groups in total. The number of carbonyl (C=O) groups is 1. The molecule has 6 heteroatoms. The van der Waals surface area contributed by atoms with Crippen molar-refractivity contribution >= 4 is 34.2 Å². The van der Waals surface area contributed by atoms with Crippen LogP contribution in [0.1, 0.15) is 48.6 Å². The van der Waals surface area contributed by atoms with Crippen LogP contribution in [0.5, 0.6) is 0 Å². The lowest BCUT2D eigenvalue weighted by Crippen LogP contribution is -2.40. The number of carboxylic acids is 1. The second-order valence-corrected chi connectivity index (χ2v) is 8.06. The van der Waals surface area contributed by atoms with E-state index < -0.39 is 11.9 Å². The maximum atomic E-state index is 11.3. The van der Waals surface area contributed by atoms with Crippen LogP contribution in [0.4, 0.5) is 5.13 Å². The van der Waals surface area contributed by atoms with E-state index in [-0.39, 0.29) is 0 Å². The van der Waals surface area contributed by atoms with Crippen molar-refractivity contribution in [3.63, 3.8) is 0 Å². The van der Waals surface area contributed by atoms with Crippen molar-refractivity contribution in [3.05, 3.63) is 10.6 Å². The van der Waals surface area contributed by atoms with Gasteiger partial charge in [-0.15, -0.1) is 11.3 Å². The second kappa shape index (κ2) is 5.56. The van der Waals surface area contributed by atoms with E-state index in [0.717, 1.165) is 41.5 Å². The van der Waals surface area contributed by atoms with Crippen molar-refractivity contribution in [2.75, 3.05) is 18.1 Å². The fourth-order valence-electron chi connectivity index (χ4n) is 3.00. The average Bonchev–Trinajstić information content (AvgIpc) is 2.80. The van der Waals surface area contributed by atoms with E-state index in [1.165, 1.54) is 19.3 Å². The third kappa shape index (κ3) is 2.55. The number of thiazole rings is 1. The maximum absolute atomic E-state index is 11.3. The Bertz CT molecular complexity index is 506. The lowest BCUT2D eigenvalue weighted by atomic mass is 9.84. The topological polar surface area (TPSA) is 62.2 Å². The van der Waals surface area contributed by atoms with Crippen LogP contribution < -0.4 is 5.32 Å². The minimum atomic E-state index is -0.734. The van der Waals surface area contributed by atoms with E-state index >= 15 is 0 Å². The molecule has 0 aromatic carbocycles. The van der Waals surface area contributed by atoms with Crippen LogP contribution in [0.3, 0.4) is 0 Å². The van der Waals surface area contributed by atoms with Crippen molar-refractivity contribution in [1.29, 1.82) is 0 Å². The van der Waals surface area contributed by atoms with Crippen molar-refractivity contribution < 1.29 is 9.90 Å². The molecule has 1 heterocycles. The lowest BCUT2D eigenvalue weighted by Gasteiger charge is -2.40. The van der Waals surface area contributed by atoms with Gasteiger partial charge in [-0.2, -0.15) is 11.8 Å². The Balaban J connectivity index is 1.71. The fourth-order valence-corrected chi connectivity index (χ4v) is 4.97. The molecular weight excluding hydrogens is 292 g/mol. The van der Waals surface area contributed by atoms with Gasteiger partial charge < -0.3 is 10.4 Å². The Morgan fingerprint density at radius 3 is 2.95 bits per heavy atom. The molecule has 110 valence electrons. The summed E-state index contributed by atoms with van der Waals surface area (Å²) in [6.45, 7) is 0.943. The first kappa shape index (κ1) is 14.2. The Morgan fingerprint density at radius 1 is 1.55 bits per heavy atom. The van der Waals surface area contributed by atoms with Crippen LogP contribution in [0.25, 0.3) is 0 Å². The number of fused-ring (bicyclic) bond motifs is 1. The lowest BCUT2D eigenvalue weighted by molar-refractivity contribution is -0.139. The molecule has 1 saturated carbocycles. The zero-order chi connectivity index (χ0) is 14.2. The normalized spacial score (nSPS) is 23.8. The van der Waals surface area contributed by atoms with Crippen LogP contribution in [0.15, 0.2) is 0 Å². The highest BCUT2D eigenvalue weighted by Crippen LogP contribution is 2.43. The monoisotopic (exact) mass is 312 g/mol. The minimum Gasteiger partial charge on any atom is -0.481 e. The first-order valence-electron chi connectivity index (χ1n) is 7.15. The number of aliphatic carboxylic acids is 1. The van der Waals surface area contributed by atoms with Gasteiger partial charge >= 0.3 is 5.97 Å². The molecule has 1 atom stereocenters. The molecule has 0 aliphatic heterocycles. The Morgan fingerprint density at radius 2 is 2.35 bits per heavy atom. The van der Waals surface area contributed by atoms with Gasteiger partial charge in [0.2, 0.25) is 0 Å². The summed E-state index contributed by atoms with van der Waals surface area (Å²) in [5, 5.41) is 13.6. The molecule has 0 saturated heterocycles. The Kier molecular flexibility index (Phi) is 3.95. The molecule has 0 spiro atoms. The standard InChI is InChI=1S/C14H20N2O2S2/c1-19-14(6-3-7-14)8-15-13-16-11-9(12(17)18)4-2-5-10(11)20-13/h9H,2-8H2,1H3,(H,15,16)(H,17,18). The first-order valence-corrected chi connectivity index (χ1v) is 9.19.